The van der Waals surface area contributed by atoms with Crippen molar-refractivity contribution in [3.8, 4) is 0 Å². The molecule has 108 valence electrons. The second-order valence-corrected chi connectivity index (χ2v) is 7.04. The summed E-state index contributed by atoms with van der Waals surface area (Å²) in [7, 11) is 0. The van der Waals surface area contributed by atoms with Gasteiger partial charge in [-0.2, -0.15) is 0 Å². The summed E-state index contributed by atoms with van der Waals surface area (Å²) < 4.78 is 0. The molecule has 0 saturated carbocycles. The van der Waals surface area contributed by atoms with Gasteiger partial charge in [-0.3, -0.25) is 0 Å². The molecule has 3 aromatic carbocycles. The molecule has 0 heteroatoms. The van der Waals surface area contributed by atoms with Crippen molar-refractivity contribution in [2.75, 3.05) is 0 Å². The van der Waals surface area contributed by atoms with Crippen LogP contribution in [0.4, 0.5) is 0 Å². The Balaban J connectivity index is 2.53. The third-order valence-electron chi connectivity index (χ3n) is 4.50. The summed E-state index contributed by atoms with van der Waals surface area (Å²) in [6.45, 7) is 11.4. The van der Waals surface area contributed by atoms with Crippen molar-refractivity contribution in [3.05, 3.63) is 59.2 Å². The zero-order valence-electron chi connectivity index (χ0n) is 13.7. The molecule has 0 bridgehead atoms. The highest BCUT2D eigenvalue weighted by molar-refractivity contribution is 6.11. The minimum atomic E-state index is 0.167. The first-order valence-corrected chi connectivity index (χ1v) is 7.88. The summed E-state index contributed by atoms with van der Waals surface area (Å²) in [5, 5.41) is 5.63. The molecule has 3 aromatic rings. The second-order valence-electron chi connectivity index (χ2n) is 7.04. The lowest BCUT2D eigenvalue weighted by Crippen LogP contribution is -2.12. The van der Waals surface area contributed by atoms with Crippen molar-refractivity contribution in [1.82, 2.24) is 0 Å². The van der Waals surface area contributed by atoms with Crippen LogP contribution >= 0.6 is 0 Å². The molecule has 0 aromatic heterocycles. The lowest BCUT2D eigenvalue weighted by molar-refractivity contribution is 0.596. The number of aryl methyl sites for hydroxylation is 2. The van der Waals surface area contributed by atoms with Gasteiger partial charge >= 0.3 is 0 Å². The smallest absolute Gasteiger partial charge is 0.00997 e. The van der Waals surface area contributed by atoms with Crippen LogP contribution in [0.5, 0.6) is 0 Å². The maximum absolute atomic E-state index is 2.38. The topological polar surface area (TPSA) is 0 Å². The number of rotatable bonds is 1. The Hall–Kier alpha value is -1.82. The molecular weight excluding hydrogens is 252 g/mol. The van der Waals surface area contributed by atoms with Gasteiger partial charge in [-0.25, -0.2) is 0 Å². The van der Waals surface area contributed by atoms with Crippen LogP contribution in [0, 0.1) is 6.92 Å². The molecule has 0 nitrogen and oxygen atoms in total. The Kier molecular flexibility index (Phi) is 3.28. The molecule has 0 atom stereocenters. The summed E-state index contributed by atoms with van der Waals surface area (Å²) >= 11 is 0. The van der Waals surface area contributed by atoms with E-state index in [1.807, 2.05) is 0 Å². The van der Waals surface area contributed by atoms with E-state index in [0.29, 0.717) is 0 Å². The Bertz CT molecular complexity index is 817. The fraction of sp³-hybridized carbons (Fsp3) is 0.333. The molecule has 0 saturated heterocycles. The fourth-order valence-electron chi connectivity index (χ4n) is 3.44. The third kappa shape index (κ3) is 2.23. The summed E-state index contributed by atoms with van der Waals surface area (Å²) in [4.78, 5) is 0. The van der Waals surface area contributed by atoms with Crippen molar-refractivity contribution >= 4 is 21.5 Å². The SMILES string of the molecule is CCc1cccc2c1cc(C)c1c(C(C)(C)C)cccc12. The van der Waals surface area contributed by atoms with Crippen molar-refractivity contribution in [2.24, 2.45) is 0 Å². The van der Waals surface area contributed by atoms with Crippen LogP contribution in [0.3, 0.4) is 0 Å². The number of hydrogen-bond donors (Lipinski definition) is 0. The van der Waals surface area contributed by atoms with E-state index in [4.69, 9.17) is 0 Å². The Morgan fingerprint density at radius 3 is 2.19 bits per heavy atom. The van der Waals surface area contributed by atoms with Crippen molar-refractivity contribution in [1.29, 1.82) is 0 Å². The van der Waals surface area contributed by atoms with E-state index in [-0.39, 0.29) is 5.41 Å². The quantitative estimate of drug-likeness (QED) is 0.467. The number of hydrogen-bond acceptors (Lipinski definition) is 0. The monoisotopic (exact) mass is 276 g/mol. The van der Waals surface area contributed by atoms with Gasteiger partial charge in [0.05, 0.1) is 0 Å². The number of benzene rings is 3. The van der Waals surface area contributed by atoms with Crippen LogP contribution in [0.2, 0.25) is 0 Å². The van der Waals surface area contributed by atoms with Crippen LogP contribution < -0.4 is 0 Å². The highest BCUT2D eigenvalue weighted by Gasteiger charge is 2.19. The largest absolute Gasteiger partial charge is 0.0613 e. The zero-order chi connectivity index (χ0) is 15.2. The van der Waals surface area contributed by atoms with Gasteiger partial charge in [0, 0.05) is 0 Å². The van der Waals surface area contributed by atoms with Gasteiger partial charge in [0.25, 0.3) is 0 Å². The Labute approximate surface area is 127 Å². The lowest BCUT2D eigenvalue weighted by Gasteiger charge is -2.23. The van der Waals surface area contributed by atoms with Crippen LogP contribution in [0.15, 0.2) is 42.5 Å². The maximum atomic E-state index is 2.38. The predicted octanol–water partition coefficient (Wildman–Crippen LogP) is 6.16. The third-order valence-corrected chi connectivity index (χ3v) is 4.50. The van der Waals surface area contributed by atoms with Crippen molar-refractivity contribution in [3.63, 3.8) is 0 Å². The van der Waals surface area contributed by atoms with E-state index in [2.05, 4.69) is 77.1 Å². The van der Waals surface area contributed by atoms with Gasteiger partial charge in [0.15, 0.2) is 0 Å². The molecule has 3 rings (SSSR count). The Morgan fingerprint density at radius 1 is 0.857 bits per heavy atom. The molecule has 0 spiro atoms. The normalized spacial score (nSPS) is 12.2. The first-order chi connectivity index (χ1) is 9.93. The first-order valence-electron chi connectivity index (χ1n) is 7.88. The molecule has 0 amide bonds. The zero-order valence-corrected chi connectivity index (χ0v) is 13.7. The van der Waals surface area contributed by atoms with E-state index in [0.717, 1.165) is 6.42 Å². The van der Waals surface area contributed by atoms with Gasteiger partial charge in [0.1, 0.15) is 0 Å². The molecule has 0 fully saturated rings. The average molecular weight is 276 g/mol. The molecular formula is C21H24. The van der Waals surface area contributed by atoms with Crippen molar-refractivity contribution in [2.45, 2.75) is 46.5 Å². The van der Waals surface area contributed by atoms with Gasteiger partial charge < -0.3 is 0 Å². The summed E-state index contributed by atoms with van der Waals surface area (Å²) in [5.74, 6) is 0. The van der Waals surface area contributed by atoms with Crippen LogP contribution in [0.1, 0.15) is 44.4 Å². The highest BCUT2D eigenvalue weighted by Crippen LogP contribution is 2.37. The van der Waals surface area contributed by atoms with E-state index >= 15 is 0 Å². The molecule has 21 heavy (non-hydrogen) atoms. The molecule has 0 heterocycles. The summed E-state index contributed by atoms with van der Waals surface area (Å²) in [5.41, 5.74) is 4.45. The van der Waals surface area contributed by atoms with Crippen LogP contribution in [-0.2, 0) is 11.8 Å². The fourth-order valence-corrected chi connectivity index (χ4v) is 3.44. The van der Waals surface area contributed by atoms with E-state index < -0.39 is 0 Å². The van der Waals surface area contributed by atoms with Crippen molar-refractivity contribution < 1.29 is 0 Å². The van der Waals surface area contributed by atoms with Gasteiger partial charge in [-0.1, -0.05) is 70.2 Å². The minimum Gasteiger partial charge on any atom is -0.0613 e. The average Bonchev–Trinajstić information content (AvgIpc) is 2.45. The van der Waals surface area contributed by atoms with Gasteiger partial charge in [-0.05, 0) is 57.0 Å². The Morgan fingerprint density at radius 2 is 1.52 bits per heavy atom. The second kappa shape index (κ2) is 4.87. The lowest BCUT2D eigenvalue weighted by atomic mass is 9.81. The molecule has 0 aliphatic rings. The van der Waals surface area contributed by atoms with Crippen LogP contribution in [-0.4, -0.2) is 0 Å². The van der Waals surface area contributed by atoms with Crippen LogP contribution in [0.25, 0.3) is 21.5 Å². The van der Waals surface area contributed by atoms with E-state index in [1.54, 1.807) is 0 Å². The predicted molar refractivity (Wildman–Crippen MR) is 94.3 cm³/mol. The molecule has 0 N–H and O–H groups in total. The van der Waals surface area contributed by atoms with E-state index in [9.17, 15) is 0 Å². The minimum absolute atomic E-state index is 0.167. The van der Waals surface area contributed by atoms with E-state index in [1.165, 1.54) is 38.2 Å². The molecule has 0 unspecified atom stereocenters. The van der Waals surface area contributed by atoms with Gasteiger partial charge in [0.2, 0.25) is 0 Å². The maximum Gasteiger partial charge on any atom is -0.00997 e. The first kappa shape index (κ1) is 14.1. The standard InChI is InChI=1S/C21H24/c1-6-15-9-7-10-16-17-11-8-12-19(21(3,4)5)20(17)14(2)13-18(15)16/h7-13H,6H2,1-5H3. The molecule has 0 radical (unpaired) electrons. The molecule has 0 aliphatic heterocycles. The summed E-state index contributed by atoms with van der Waals surface area (Å²) in [6.07, 6.45) is 1.08. The highest BCUT2D eigenvalue weighted by atomic mass is 14.2. The summed E-state index contributed by atoms with van der Waals surface area (Å²) in [6, 6.07) is 15.9. The molecule has 0 aliphatic carbocycles. The number of fused-ring (bicyclic) bond motifs is 3. The van der Waals surface area contributed by atoms with Gasteiger partial charge in [-0.15, -0.1) is 0 Å².